The highest BCUT2D eigenvalue weighted by Gasteiger charge is 2.40. The predicted octanol–water partition coefficient (Wildman–Crippen LogP) is 3.55. The van der Waals surface area contributed by atoms with Gasteiger partial charge in [-0.15, -0.1) is 23.1 Å². The van der Waals surface area contributed by atoms with Crippen molar-refractivity contribution in [3.63, 3.8) is 0 Å². The van der Waals surface area contributed by atoms with Gasteiger partial charge < -0.3 is 0 Å². The summed E-state index contributed by atoms with van der Waals surface area (Å²) in [5.74, 6) is 2.32. The number of thioether (sulfide) groups is 1. The summed E-state index contributed by atoms with van der Waals surface area (Å²) in [6, 6.07) is 4.32. The van der Waals surface area contributed by atoms with Gasteiger partial charge in [0.25, 0.3) is 0 Å². The molecule has 3 heteroatoms. The Hall–Kier alpha value is 0.400. The lowest BCUT2D eigenvalue weighted by atomic mass is 10.2. The maximum absolute atomic E-state index is 4.39. The highest BCUT2D eigenvalue weighted by molar-refractivity contribution is 8.01. The molecular formula is C9H12S3. The third kappa shape index (κ3) is 2.01. The first-order valence-electron chi connectivity index (χ1n) is 4.12. The second-order valence-electron chi connectivity index (χ2n) is 3.38. The number of hydrogen-bond donors (Lipinski definition) is 1. The molecule has 1 saturated carbocycles. The molecule has 1 aromatic heterocycles. The van der Waals surface area contributed by atoms with E-state index in [1.165, 1.54) is 22.8 Å². The van der Waals surface area contributed by atoms with Crippen LogP contribution in [-0.4, -0.2) is 11.5 Å². The minimum Gasteiger partial charge on any atom is -0.179 e. The molecule has 0 unspecified atom stereocenters. The topological polar surface area (TPSA) is 0 Å². The third-order valence-electron chi connectivity index (χ3n) is 2.31. The molecule has 66 valence electrons. The number of thiophene rings is 1. The molecular weight excluding hydrogens is 204 g/mol. The summed E-state index contributed by atoms with van der Waals surface area (Å²) in [6.07, 6.45) is 2.77. The maximum atomic E-state index is 4.39. The lowest BCUT2D eigenvalue weighted by Crippen LogP contribution is -2.04. The smallest absolute Gasteiger partial charge is 0.0598 e. The summed E-state index contributed by atoms with van der Waals surface area (Å²) in [7, 11) is 0. The molecule has 12 heavy (non-hydrogen) atoms. The molecule has 0 saturated heterocycles. The van der Waals surface area contributed by atoms with Crippen LogP contribution < -0.4 is 0 Å². The molecule has 0 bridgehead atoms. The molecule has 1 aliphatic carbocycles. The van der Waals surface area contributed by atoms with Gasteiger partial charge >= 0.3 is 0 Å². The standard InChI is InChI=1S/C9H12S3/c10-6-9(3-4-9)7-12-8-2-1-5-11-8/h1-2,5,10H,3-4,6-7H2. The normalized spacial score (nSPS) is 19.4. The van der Waals surface area contributed by atoms with Gasteiger partial charge in [-0.05, 0) is 35.5 Å². The Balaban J connectivity index is 1.83. The molecule has 0 aromatic carbocycles. The van der Waals surface area contributed by atoms with Crippen molar-refractivity contribution in [3.8, 4) is 0 Å². The third-order valence-corrected chi connectivity index (χ3v) is 5.46. The molecule has 1 aromatic rings. The Morgan fingerprint density at radius 1 is 1.58 bits per heavy atom. The Morgan fingerprint density at radius 2 is 2.42 bits per heavy atom. The predicted molar refractivity (Wildman–Crippen MR) is 60.6 cm³/mol. The van der Waals surface area contributed by atoms with E-state index in [0.29, 0.717) is 5.41 Å². The fourth-order valence-corrected chi connectivity index (χ4v) is 3.75. The van der Waals surface area contributed by atoms with Gasteiger partial charge in [-0.25, -0.2) is 0 Å². The monoisotopic (exact) mass is 216 g/mol. The van der Waals surface area contributed by atoms with Gasteiger partial charge in [0.05, 0.1) is 4.21 Å². The van der Waals surface area contributed by atoms with E-state index in [1.807, 2.05) is 23.1 Å². The summed E-state index contributed by atoms with van der Waals surface area (Å²) in [6.45, 7) is 0. The highest BCUT2D eigenvalue weighted by atomic mass is 32.2. The lowest BCUT2D eigenvalue weighted by Gasteiger charge is -2.08. The van der Waals surface area contributed by atoms with E-state index >= 15 is 0 Å². The molecule has 0 aliphatic heterocycles. The first-order valence-corrected chi connectivity index (χ1v) is 6.62. The number of thiol groups is 1. The van der Waals surface area contributed by atoms with Crippen molar-refractivity contribution < 1.29 is 0 Å². The van der Waals surface area contributed by atoms with Crippen molar-refractivity contribution >= 4 is 35.7 Å². The van der Waals surface area contributed by atoms with Gasteiger partial charge in [-0.2, -0.15) is 12.6 Å². The highest BCUT2D eigenvalue weighted by Crippen LogP contribution is 2.50. The van der Waals surface area contributed by atoms with E-state index in [1.54, 1.807) is 0 Å². The van der Waals surface area contributed by atoms with Crippen molar-refractivity contribution in [2.45, 2.75) is 17.1 Å². The van der Waals surface area contributed by atoms with Crippen molar-refractivity contribution in [2.75, 3.05) is 11.5 Å². The molecule has 2 rings (SSSR count). The van der Waals surface area contributed by atoms with Crippen LogP contribution >= 0.6 is 35.7 Å². The van der Waals surface area contributed by atoms with Gasteiger partial charge in [-0.3, -0.25) is 0 Å². The van der Waals surface area contributed by atoms with Crippen molar-refractivity contribution in [1.82, 2.24) is 0 Å². The summed E-state index contributed by atoms with van der Waals surface area (Å²) in [5.41, 5.74) is 0.595. The molecule has 1 fully saturated rings. The molecule has 0 spiro atoms. The number of rotatable bonds is 4. The van der Waals surface area contributed by atoms with Gasteiger partial charge in [0.1, 0.15) is 0 Å². The first kappa shape index (κ1) is 8.97. The van der Waals surface area contributed by atoms with Crippen LogP contribution in [0.4, 0.5) is 0 Å². The van der Waals surface area contributed by atoms with Gasteiger partial charge in [-0.1, -0.05) is 6.07 Å². The van der Waals surface area contributed by atoms with E-state index in [0.717, 1.165) is 5.75 Å². The quantitative estimate of drug-likeness (QED) is 0.593. The van der Waals surface area contributed by atoms with E-state index in [4.69, 9.17) is 0 Å². The van der Waals surface area contributed by atoms with Crippen LogP contribution in [0, 0.1) is 5.41 Å². The van der Waals surface area contributed by atoms with Gasteiger partial charge in [0.15, 0.2) is 0 Å². The molecule has 0 radical (unpaired) electrons. The Morgan fingerprint density at radius 3 is 2.92 bits per heavy atom. The van der Waals surface area contributed by atoms with Crippen LogP contribution in [0.25, 0.3) is 0 Å². The SMILES string of the molecule is SCC1(CSc2cccs2)CC1. The molecule has 0 nitrogen and oxygen atoms in total. The van der Waals surface area contributed by atoms with Gasteiger partial charge in [0, 0.05) is 5.75 Å². The van der Waals surface area contributed by atoms with Crippen molar-refractivity contribution in [3.05, 3.63) is 17.5 Å². The van der Waals surface area contributed by atoms with Crippen LogP contribution in [0.1, 0.15) is 12.8 Å². The molecule has 0 atom stereocenters. The zero-order chi connectivity index (χ0) is 8.44. The second kappa shape index (κ2) is 3.64. The summed E-state index contributed by atoms with van der Waals surface area (Å²) in [4.78, 5) is 0. The zero-order valence-electron chi connectivity index (χ0n) is 6.82. The summed E-state index contributed by atoms with van der Waals surface area (Å²) < 4.78 is 1.45. The Labute approximate surface area is 87.2 Å². The van der Waals surface area contributed by atoms with Crippen molar-refractivity contribution in [1.29, 1.82) is 0 Å². The average Bonchev–Trinajstić information content (AvgIpc) is 2.70. The average molecular weight is 216 g/mol. The lowest BCUT2D eigenvalue weighted by molar-refractivity contribution is 0.683. The van der Waals surface area contributed by atoms with Crippen LogP contribution in [0.2, 0.25) is 0 Å². The van der Waals surface area contributed by atoms with Crippen LogP contribution in [-0.2, 0) is 0 Å². The van der Waals surface area contributed by atoms with Crippen molar-refractivity contribution in [2.24, 2.45) is 5.41 Å². The molecule has 0 N–H and O–H groups in total. The summed E-state index contributed by atoms with van der Waals surface area (Å²) >= 11 is 8.22. The van der Waals surface area contributed by atoms with E-state index in [9.17, 15) is 0 Å². The molecule has 1 aliphatic rings. The fraction of sp³-hybridized carbons (Fsp3) is 0.556. The maximum Gasteiger partial charge on any atom is 0.0598 e. The van der Waals surface area contributed by atoms with Crippen LogP contribution in [0.3, 0.4) is 0 Å². The van der Waals surface area contributed by atoms with Crippen LogP contribution in [0.15, 0.2) is 21.7 Å². The Bertz CT molecular complexity index is 236. The second-order valence-corrected chi connectivity index (χ2v) is 5.92. The summed E-state index contributed by atoms with van der Waals surface area (Å²) in [5, 5.41) is 2.14. The number of hydrogen-bond acceptors (Lipinski definition) is 3. The largest absolute Gasteiger partial charge is 0.179 e. The molecule has 0 amide bonds. The Kier molecular flexibility index (Phi) is 2.72. The minimum atomic E-state index is 0.595. The van der Waals surface area contributed by atoms with Gasteiger partial charge in [0.2, 0.25) is 0 Å². The van der Waals surface area contributed by atoms with E-state index in [2.05, 4.69) is 30.1 Å². The first-order chi connectivity index (χ1) is 5.85. The zero-order valence-corrected chi connectivity index (χ0v) is 9.35. The molecule has 1 heterocycles. The van der Waals surface area contributed by atoms with Crippen LogP contribution in [0.5, 0.6) is 0 Å². The fourth-order valence-electron chi connectivity index (χ4n) is 1.09. The van der Waals surface area contributed by atoms with E-state index in [-0.39, 0.29) is 0 Å². The van der Waals surface area contributed by atoms with E-state index < -0.39 is 0 Å². The minimum absolute atomic E-state index is 0.595.